The Morgan fingerprint density at radius 3 is 1.94 bits per heavy atom. The van der Waals surface area contributed by atoms with Crippen molar-refractivity contribution in [3.63, 3.8) is 0 Å². The maximum atomic E-state index is 13.0. The molecule has 2 aliphatic rings. The number of ether oxygens (including phenoxy) is 3. The Morgan fingerprint density at radius 1 is 0.896 bits per heavy atom. The summed E-state index contributed by atoms with van der Waals surface area (Å²) in [5, 5.41) is 34.7. The summed E-state index contributed by atoms with van der Waals surface area (Å²) >= 11 is 0. The Kier molecular flexibility index (Phi) is 12.2. The Morgan fingerprint density at radius 2 is 1.42 bits per heavy atom. The summed E-state index contributed by atoms with van der Waals surface area (Å²) in [6, 6.07) is 0. The molecule has 0 radical (unpaired) electrons. The first kappa shape index (κ1) is 39.4. The van der Waals surface area contributed by atoms with E-state index in [9.17, 15) is 39.1 Å². The van der Waals surface area contributed by atoms with Crippen LogP contribution in [0.3, 0.4) is 0 Å². The summed E-state index contributed by atoms with van der Waals surface area (Å²) in [6.45, 7) is -0.651. The molecule has 25 nitrogen and oxygen atoms in total. The van der Waals surface area contributed by atoms with Crippen LogP contribution in [0.4, 0.5) is 11.9 Å². The van der Waals surface area contributed by atoms with Crippen LogP contribution < -0.4 is 34.0 Å². The fraction of sp³-hybridized carbons (Fsp3) is 0.500. The number of phosphoric acid groups is 1. The molecule has 0 bridgehead atoms. The number of nitrogens with two attached hydrogens (primary N) is 2. The van der Waals surface area contributed by atoms with Crippen molar-refractivity contribution in [1.29, 1.82) is 0 Å². The molecule has 2 aliphatic heterocycles. The van der Waals surface area contributed by atoms with Crippen molar-refractivity contribution in [2.75, 3.05) is 24.4 Å². The summed E-state index contributed by atoms with van der Waals surface area (Å²) in [7, 11) is -9.70. The van der Waals surface area contributed by atoms with E-state index >= 15 is 0 Å². The second kappa shape index (κ2) is 14.9. The van der Waals surface area contributed by atoms with Crippen molar-refractivity contribution in [2.24, 2.45) is 0 Å². The molecular weight excluding hydrogens is 873 g/mol. The summed E-state index contributed by atoms with van der Waals surface area (Å²) < 4.78 is 53.9. The maximum absolute atomic E-state index is 13.0. The molecule has 48 heavy (non-hydrogen) atoms. The van der Waals surface area contributed by atoms with Crippen LogP contribution in [-0.2, 0) is 53.5 Å². The fourth-order valence-corrected chi connectivity index (χ4v) is 6.10. The molecule has 268 valence electrons. The number of aromatic nitrogens is 8. The van der Waals surface area contributed by atoms with E-state index in [0.29, 0.717) is 0 Å². The van der Waals surface area contributed by atoms with Crippen LogP contribution in [0.25, 0.3) is 22.3 Å². The third kappa shape index (κ3) is 8.23. The number of aliphatic hydroxyl groups is 1. The molecule has 14 N–H and O–H groups in total. The molecule has 0 amide bonds. The number of anilines is 2. The minimum absolute atomic E-state index is 0. The van der Waals surface area contributed by atoms with Gasteiger partial charge in [-0.25, -0.2) is 24.5 Å². The summed E-state index contributed by atoms with van der Waals surface area (Å²) in [5.41, 5.74) is 10.9. The van der Waals surface area contributed by atoms with Gasteiger partial charge in [0.25, 0.3) is 0 Å². The molecular formula is C20H30N12O13P2Pt. The second-order valence-electron chi connectivity index (χ2n) is 9.92. The Balaban J connectivity index is 0.00000208. The van der Waals surface area contributed by atoms with E-state index in [1.807, 2.05) is 0 Å². The predicted octanol–water partition coefficient (Wildman–Crippen LogP) is -2.15. The van der Waals surface area contributed by atoms with Gasteiger partial charge in [-0.15, -0.1) is 0 Å². The van der Waals surface area contributed by atoms with Gasteiger partial charge in [-0.3, -0.25) is 22.7 Å². The van der Waals surface area contributed by atoms with Gasteiger partial charge in [0.2, 0.25) is 11.9 Å². The molecule has 28 heteroatoms. The number of hydrogen-bond acceptors (Lipinski definition) is 20. The van der Waals surface area contributed by atoms with Gasteiger partial charge >= 0.3 is 36.5 Å². The average molecular weight is 904 g/mol. The van der Waals surface area contributed by atoms with Gasteiger partial charge in [0.15, 0.2) is 23.9 Å². The topological polar surface area (TPSA) is 417 Å². The Labute approximate surface area is 282 Å². The van der Waals surface area contributed by atoms with Gasteiger partial charge < -0.3 is 68.0 Å². The number of rotatable bonds is 10. The van der Waals surface area contributed by atoms with E-state index < -0.39 is 77.2 Å². The van der Waals surface area contributed by atoms with Crippen LogP contribution in [0.5, 0.6) is 11.8 Å². The quantitative estimate of drug-likeness (QED) is 0.0786. The van der Waals surface area contributed by atoms with Crippen molar-refractivity contribution in [2.45, 2.75) is 49.9 Å². The van der Waals surface area contributed by atoms with E-state index in [1.54, 1.807) is 0 Å². The molecule has 0 saturated carbocycles. The van der Waals surface area contributed by atoms with E-state index in [1.165, 1.54) is 21.8 Å². The van der Waals surface area contributed by atoms with Gasteiger partial charge in [0.05, 0.1) is 25.4 Å². The minimum Gasteiger partial charge on any atom is -0.857 e. The number of nitrogens with zero attached hydrogens (tertiary/aromatic N) is 8. The number of imidazole rings is 2. The normalized spacial score (nSPS) is 25.3. The molecule has 7 atom stereocenters. The van der Waals surface area contributed by atoms with E-state index in [-0.39, 0.29) is 80.4 Å². The van der Waals surface area contributed by atoms with Crippen LogP contribution in [0.2, 0.25) is 0 Å². The Hall–Kier alpha value is -2.99. The largest absolute Gasteiger partial charge is 2.00 e. The maximum Gasteiger partial charge on any atom is 2.00 e. The second-order valence-corrected chi connectivity index (χ2v) is 12.9. The summed E-state index contributed by atoms with van der Waals surface area (Å²) in [4.78, 5) is 51.9. The third-order valence-corrected chi connectivity index (χ3v) is 8.24. The molecule has 0 spiro atoms. The zero-order chi connectivity index (χ0) is 32.3. The van der Waals surface area contributed by atoms with E-state index in [0.717, 1.165) is 0 Å². The smallest absolute Gasteiger partial charge is 0.857 e. The monoisotopic (exact) mass is 903 g/mol. The first-order chi connectivity index (χ1) is 21.2. The first-order valence-corrected chi connectivity index (χ1v) is 16.1. The Bertz CT molecular complexity index is 1840. The molecule has 6 rings (SSSR count). The molecule has 7 unspecified atom stereocenters. The van der Waals surface area contributed by atoms with Crippen LogP contribution in [0.15, 0.2) is 12.7 Å². The zero-order valence-electron chi connectivity index (χ0n) is 24.3. The minimum atomic E-state index is -4.98. The summed E-state index contributed by atoms with van der Waals surface area (Å²) in [5.74, 6) is -2.11. The SMILES string of the molecule is N.N.Nc1nc([O-])c2ncn(C3CC(O)C(COP(=O)(O)OC4CC(n5cnc6c([O-])nc(N)nc65)OC4OCP(=O)(O)O)O3)c2n1.[Pt+2]. The van der Waals surface area contributed by atoms with Gasteiger partial charge in [0, 0.05) is 24.6 Å². The number of nitrogen functional groups attached to an aromatic ring is 2. The number of aliphatic hydroxyl groups excluding tert-OH is 1. The van der Waals surface area contributed by atoms with E-state index in [2.05, 4.69) is 29.9 Å². The molecule has 6 heterocycles. The van der Waals surface area contributed by atoms with Crippen LogP contribution >= 0.6 is 15.4 Å². The third-order valence-electron chi connectivity index (χ3n) is 6.74. The number of phosphoric ester groups is 1. The molecule has 4 aromatic rings. The molecule has 4 aromatic heterocycles. The first-order valence-electron chi connectivity index (χ1n) is 12.8. The molecule has 2 fully saturated rings. The average Bonchev–Trinajstić information content (AvgIpc) is 3.71. The van der Waals surface area contributed by atoms with Crippen LogP contribution in [0.1, 0.15) is 25.3 Å². The van der Waals surface area contributed by atoms with Crippen molar-refractivity contribution >= 4 is 49.6 Å². The van der Waals surface area contributed by atoms with Gasteiger partial charge in [-0.05, 0) is 0 Å². The molecule has 2 saturated heterocycles. The van der Waals surface area contributed by atoms with Crippen LogP contribution in [-0.4, -0.2) is 96.4 Å². The summed E-state index contributed by atoms with van der Waals surface area (Å²) in [6.07, 6.45) is -6.46. The van der Waals surface area contributed by atoms with Crippen LogP contribution in [0, 0.1) is 0 Å². The zero-order valence-corrected chi connectivity index (χ0v) is 28.3. The fourth-order valence-electron chi connectivity index (χ4n) is 4.84. The number of hydrogen-bond donors (Lipinski definition) is 8. The van der Waals surface area contributed by atoms with E-state index in [4.69, 9.17) is 34.7 Å². The van der Waals surface area contributed by atoms with Gasteiger partial charge in [-0.2, -0.15) is 9.97 Å². The van der Waals surface area contributed by atoms with Crippen molar-refractivity contribution in [1.82, 2.24) is 51.3 Å². The van der Waals surface area contributed by atoms with Gasteiger partial charge in [-0.1, -0.05) is 0 Å². The number of fused-ring (bicyclic) bond motifs is 2. The van der Waals surface area contributed by atoms with Crippen molar-refractivity contribution in [3.05, 3.63) is 12.7 Å². The van der Waals surface area contributed by atoms with Crippen molar-refractivity contribution in [3.8, 4) is 11.8 Å². The predicted molar refractivity (Wildman–Crippen MR) is 150 cm³/mol. The standard InChI is InChI=1S/C20H26N10O13P2.2H3N.Pt/c21-19-25-14-12(16(32)27-19)23-4-29(14)10-1-7(31)9(41-10)3-40-45(37,38)43-8-2-11(42-18(8)39-6-44(34,35)36)30-5-24-13-15(30)26-20(22)28-17(13)33;;;/h4-5,7-11,18,31H,1-3,6H2,(H,37,38)(H2,34,35,36)(H3,21,25,27,32)(H3,22,26,28,33);2*1H3;/q;;;+2/p-2. The van der Waals surface area contributed by atoms with Crippen molar-refractivity contribution < 1.29 is 83.5 Å². The van der Waals surface area contributed by atoms with Gasteiger partial charge in [0.1, 0.15) is 35.7 Å². The molecule has 0 aliphatic carbocycles. The molecule has 0 aromatic carbocycles.